The van der Waals surface area contributed by atoms with E-state index in [4.69, 9.17) is 11.2 Å². The number of rotatable bonds is 3. The van der Waals surface area contributed by atoms with Crippen LogP contribution in [0.2, 0.25) is 0 Å². The minimum Gasteiger partial charge on any atom is -0.481 e. The maximum Gasteiger partial charge on any atom is 0.270 e. The standard InChI is InChI=1S/C11H8F2O/c1-2-6-14-10-5-3-4-9(7-10)8-11(12)13/h1,3-5,7-8H,6H2. The van der Waals surface area contributed by atoms with Crippen LogP contribution < -0.4 is 4.74 Å². The molecule has 14 heavy (non-hydrogen) atoms. The van der Waals surface area contributed by atoms with Crippen molar-refractivity contribution in [1.82, 2.24) is 0 Å². The smallest absolute Gasteiger partial charge is 0.270 e. The second-order valence-corrected chi connectivity index (χ2v) is 2.50. The number of benzene rings is 1. The summed E-state index contributed by atoms with van der Waals surface area (Å²) in [5.41, 5.74) is 0.388. The van der Waals surface area contributed by atoms with E-state index in [0.717, 1.165) is 6.08 Å². The number of ether oxygens (including phenoxy) is 1. The molecule has 1 aromatic carbocycles. The molecule has 0 bridgehead atoms. The third-order valence-electron chi connectivity index (χ3n) is 1.46. The molecular weight excluding hydrogens is 186 g/mol. The predicted octanol–water partition coefficient (Wildman–Crippen LogP) is 2.94. The lowest BCUT2D eigenvalue weighted by molar-refractivity contribution is 0.370. The van der Waals surface area contributed by atoms with Crippen LogP contribution in [0.25, 0.3) is 6.08 Å². The molecule has 0 spiro atoms. The fourth-order valence-corrected chi connectivity index (χ4v) is 0.945. The summed E-state index contributed by atoms with van der Waals surface area (Å²) in [5, 5.41) is 0. The molecule has 0 saturated carbocycles. The summed E-state index contributed by atoms with van der Waals surface area (Å²) in [5.74, 6) is 2.77. The average Bonchev–Trinajstić information content (AvgIpc) is 2.14. The Morgan fingerprint density at radius 3 is 2.93 bits per heavy atom. The Kier molecular flexibility index (Phi) is 3.69. The second-order valence-electron chi connectivity index (χ2n) is 2.50. The quantitative estimate of drug-likeness (QED) is 0.672. The van der Waals surface area contributed by atoms with Gasteiger partial charge in [0.15, 0.2) is 0 Å². The number of halogens is 2. The molecule has 0 aliphatic carbocycles. The van der Waals surface area contributed by atoms with Gasteiger partial charge in [0.2, 0.25) is 0 Å². The van der Waals surface area contributed by atoms with Crippen LogP contribution in [0.1, 0.15) is 5.56 Å². The SMILES string of the molecule is C#CCOc1cccc(C=C(F)F)c1. The molecule has 3 heteroatoms. The molecule has 0 atom stereocenters. The summed E-state index contributed by atoms with van der Waals surface area (Å²) < 4.78 is 28.9. The van der Waals surface area contributed by atoms with Crippen molar-refractivity contribution in [3.8, 4) is 18.1 Å². The molecule has 0 unspecified atom stereocenters. The van der Waals surface area contributed by atoms with Gasteiger partial charge in [0.05, 0.1) is 0 Å². The molecule has 1 nitrogen and oxygen atoms in total. The van der Waals surface area contributed by atoms with Crippen LogP contribution in [0, 0.1) is 12.3 Å². The number of terminal acetylenes is 1. The van der Waals surface area contributed by atoms with E-state index < -0.39 is 6.08 Å². The van der Waals surface area contributed by atoms with E-state index in [9.17, 15) is 8.78 Å². The Morgan fingerprint density at radius 2 is 2.29 bits per heavy atom. The molecule has 0 radical (unpaired) electrons. The first-order valence-corrected chi connectivity index (χ1v) is 3.91. The van der Waals surface area contributed by atoms with Crippen molar-refractivity contribution in [2.75, 3.05) is 6.61 Å². The molecule has 72 valence electrons. The predicted molar refractivity (Wildman–Crippen MR) is 51.0 cm³/mol. The summed E-state index contributed by atoms with van der Waals surface area (Å²) in [6, 6.07) is 6.34. The van der Waals surface area contributed by atoms with Crippen LogP contribution in [-0.2, 0) is 0 Å². The van der Waals surface area contributed by atoms with Crippen molar-refractivity contribution in [2.24, 2.45) is 0 Å². The Bertz CT molecular complexity index is 373. The molecule has 1 rings (SSSR count). The van der Waals surface area contributed by atoms with E-state index in [2.05, 4.69) is 5.92 Å². The lowest BCUT2D eigenvalue weighted by Gasteiger charge is -2.02. The highest BCUT2D eigenvalue weighted by Gasteiger charge is 1.95. The number of hydrogen-bond acceptors (Lipinski definition) is 1. The van der Waals surface area contributed by atoms with Crippen LogP contribution in [0.3, 0.4) is 0 Å². The molecule has 0 aliphatic heterocycles. The summed E-state index contributed by atoms with van der Waals surface area (Å²) in [6.07, 6.45) is 4.02. The molecular formula is C11H8F2O. The van der Waals surface area contributed by atoms with Crippen molar-refractivity contribution in [2.45, 2.75) is 0 Å². The van der Waals surface area contributed by atoms with Crippen molar-refractivity contribution in [3.63, 3.8) is 0 Å². The minimum absolute atomic E-state index is 0.130. The van der Waals surface area contributed by atoms with Gasteiger partial charge in [-0.05, 0) is 17.7 Å². The molecule has 0 N–H and O–H groups in total. The molecule has 0 heterocycles. The van der Waals surface area contributed by atoms with Crippen molar-refractivity contribution in [1.29, 1.82) is 0 Å². The Labute approximate surface area is 81.0 Å². The van der Waals surface area contributed by atoms with Gasteiger partial charge in [-0.2, -0.15) is 8.78 Å². The lowest BCUT2D eigenvalue weighted by Crippen LogP contribution is -1.92. The van der Waals surface area contributed by atoms with Crippen molar-refractivity contribution < 1.29 is 13.5 Å². The number of hydrogen-bond donors (Lipinski definition) is 0. The highest BCUT2D eigenvalue weighted by molar-refractivity contribution is 5.52. The van der Waals surface area contributed by atoms with Gasteiger partial charge < -0.3 is 4.74 Å². The zero-order chi connectivity index (χ0) is 10.4. The zero-order valence-electron chi connectivity index (χ0n) is 7.34. The third-order valence-corrected chi connectivity index (χ3v) is 1.46. The highest BCUT2D eigenvalue weighted by Crippen LogP contribution is 2.16. The van der Waals surface area contributed by atoms with Gasteiger partial charge in [-0.3, -0.25) is 0 Å². The highest BCUT2D eigenvalue weighted by atomic mass is 19.3. The molecule has 0 amide bonds. The van der Waals surface area contributed by atoms with Gasteiger partial charge >= 0.3 is 0 Å². The topological polar surface area (TPSA) is 9.23 Å². The van der Waals surface area contributed by atoms with Crippen LogP contribution in [0.5, 0.6) is 5.75 Å². The maximum atomic E-state index is 11.9. The molecule has 0 fully saturated rings. The van der Waals surface area contributed by atoms with Crippen LogP contribution in [0.4, 0.5) is 8.78 Å². The molecule has 1 aromatic rings. The second kappa shape index (κ2) is 5.03. The first-order valence-electron chi connectivity index (χ1n) is 3.91. The van der Waals surface area contributed by atoms with Gasteiger partial charge in [-0.1, -0.05) is 18.1 Å². The van der Waals surface area contributed by atoms with E-state index in [1.165, 1.54) is 6.07 Å². The Morgan fingerprint density at radius 1 is 1.50 bits per heavy atom. The van der Waals surface area contributed by atoms with Crippen LogP contribution in [-0.4, -0.2) is 6.61 Å². The monoisotopic (exact) mass is 194 g/mol. The van der Waals surface area contributed by atoms with Gasteiger partial charge in [0, 0.05) is 6.08 Å². The van der Waals surface area contributed by atoms with Crippen LogP contribution in [0.15, 0.2) is 30.3 Å². The first-order chi connectivity index (χ1) is 6.72. The fraction of sp³-hybridized carbons (Fsp3) is 0.0909. The van der Waals surface area contributed by atoms with Crippen molar-refractivity contribution >= 4 is 6.08 Å². The van der Waals surface area contributed by atoms with E-state index in [-0.39, 0.29) is 6.61 Å². The Balaban J connectivity index is 2.80. The van der Waals surface area contributed by atoms with Gasteiger partial charge in [-0.25, -0.2) is 0 Å². The summed E-state index contributed by atoms with van der Waals surface area (Å²) >= 11 is 0. The largest absolute Gasteiger partial charge is 0.481 e. The van der Waals surface area contributed by atoms with Gasteiger partial charge in [-0.15, -0.1) is 6.42 Å². The lowest BCUT2D eigenvalue weighted by atomic mass is 10.2. The molecule has 0 saturated heterocycles. The summed E-state index contributed by atoms with van der Waals surface area (Å²) in [4.78, 5) is 0. The average molecular weight is 194 g/mol. The Hall–Kier alpha value is -1.82. The third kappa shape index (κ3) is 3.28. The normalized spacial score (nSPS) is 8.93. The zero-order valence-corrected chi connectivity index (χ0v) is 7.34. The summed E-state index contributed by atoms with van der Waals surface area (Å²) in [7, 11) is 0. The van der Waals surface area contributed by atoms with Gasteiger partial charge in [0.25, 0.3) is 6.08 Å². The first kappa shape index (κ1) is 10.3. The van der Waals surface area contributed by atoms with Gasteiger partial charge in [0.1, 0.15) is 12.4 Å². The van der Waals surface area contributed by atoms with E-state index in [1.807, 2.05) is 0 Å². The fourth-order valence-electron chi connectivity index (χ4n) is 0.945. The summed E-state index contributed by atoms with van der Waals surface area (Å²) in [6.45, 7) is 0.130. The van der Waals surface area contributed by atoms with Crippen LogP contribution >= 0.6 is 0 Å². The minimum atomic E-state index is -1.74. The molecule has 0 aromatic heterocycles. The molecule has 0 aliphatic rings. The van der Waals surface area contributed by atoms with E-state index >= 15 is 0 Å². The van der Waals surface area contributed by atoms with E-state index in [0.29, 0.717) is 11.3 Å². The van der Waals surface area contributed by atoms with E-state index in [1.54, 1.807) is 18.2 Å². The maximum absolute atomic E-state index is 11.9. The van der Waals surface area contributed by atoms with Crippen molar-refractivity contribution in [3.05, 3.63) is 35.9 Å².